The molecule has 1 aliphatic heterocycles. The van der Waals surface area contributed by atoms with Crippen LogP contribution >= 0.6 is 24.0 Å². The zero-order valence-corrected chi connectivity index (χ0v) is 17.0. The van der Waals surface area contributed by atoms with Crippen molar-refractivity contribution in [3.8, 4) is 0 Å². The van der Waals surface area contributed by atoms with E-state index in [-0.39, 0.29) is 36.4 Å². The first kappa shape index (κ1) is 23.4. The van der Waals surface area contributed by atoms with Crippen molar-refractivity contribution in [2.45, 2.75) is 12.8 Å². The van der Waals surface area contributed by atoms with Gasteiger partial charge in [0.2, 0.25) is 5.91 Å². The summed E-state index contributed by atoms with van der Waals surface area (Å²) < 4.78 is 15.8. The molecule has 0 aromatic carbocycles. The third-order valence-corrected chi connectivity index (χ3v) is 3.40. The van der Waals surface area contributed by atoms with E-state index >= 15 is 0 Å². The van der Waals surface area contributed by atoms with Gasteiger partial charge in [-0.1, -0.05) is 0 Å². The summed E-state index contributed by atoms with van der Waals surface area (Å²) in [7, 11) is 3.27. The minimum absolute atomic E-state index is 0. The van der Waals surface area contributed by atoms with Gasteiger partial charge in [-0.2, -0.15) is 0 Å². The topological polar surface area (TPSA) is 93.2 Å². The number of guanidine groups is 1. The zero-order valence-electron chi connectivity index (χ0n) is 14.6. The molecule has 0 radical (unpaired) electrons. The number of halogens is 1. The van der Waals surface area contributed by atoms with Crippen LogP contribution in [0.15, 0.2) is 4.99 Å². The van der Waals surface area contributed by atoms with Crippen LogP contribution in [0.25, 0.3) is 0 Å². The molecule has 0 bridgehead atoms. The average molecular weight is 458 g/mol. The number of hydrogen-bond donors (Lipinski definition) is 3. The second-order valence-electron chi connectivity index (χ2n) is 5.35. The molecule has 0 spiro atoms. The summed E-state index contributed by atoms with van der Waals surface area (Å²) in [5.74, 6) is 1.07. The molecular weight excluding hydrogens is 427 g/mol. The fourth-order valence-corrected chi connectivity index (χ4v) is 2.09. The molecule has 3 N–H and O–H groups in total. The average Bonchev–Trinajstić information content (AvgIpc) is 3.07. The largest absolute Gasteiger partial charge is 0.383 e. The highest BCUT2D eigenvalue weighted by Crippen LogP contribution is 2.12. The van der Waals surface area contributed by atoms with Gasteiger partial charge in [-0.05, 0) is 12.8 Å². The first-order valence-electron chi connectivity index (χ1n) is 8.12. The second-order valence-corrected chi connectivity index (χ2v) is 5.35. The summed E-state index contributed by atoms with van der Waals surface area (Å²) in [6.45, 7) is 5.09. The molecule has 1 fully saturated rings. The number of rotatable bonds is 11. The van der Waals surface area contributed by atoms with Crippen LogP contribution in [-0.4, -0.2) is 78.7 Å². The number of methoxy groups -OCH3 is 1. The summed E-state index contributed by atoms with van der Waals surface area (Å²) in [5, 5.41) is 8.84. The van der Waals surface area contributed by atoms with Crippen molar-refractivity contribution in [3.05, 3.63) is 0 Å². The Bertz CT molecular complexity index is 352. The highest BCUT2D eigenvalue weighted by molar-refractivity contribution is 14.0. The van der Waals surface area contributed by atoms with E-state index in [9.17, 15) is 4.79 Å². The Morgan fingerprint density at radius 1 is 1.25 bits per heavy atom. The maximum atomic E-state index is 11.5. The number of nitrogens with one attached hydrogen (secondary N) is 3. The molecule has 8 nitrogen and oxygen atoms in total. The van der Waals surface area contributed by atoms with E-state index in [4.69, 9.17) is 14.2 Å². The number of carbonyl (C=O) groups excluding carboxylic acids is 1. The number of carbonyl (C=O) groups is 1. The van der Waals surface area contributed by atoms with Gasteiger partial charge in [0.1, 0.15) is 0 Å². The molecule has 9 heteroatoms. The second kappa shape index (κ2) is 15.9. The lowest BCUT2D eigenvalue weighted by molar-refractivity contribution is -0.120. The SMILES string of the molecule is CN=C(NCCCOCC1CCOC1)NCC(=O)NCCOC.I. The molecule has 1 aliphatic rings. The van der Waals surface area contributed by atoms with Crippen LogP contribution in [0.4, 0.5) is 0 Å². The normalized spacial score (nSPS) is 17.2. The minimum atomic E-state index is -0.0906. The summed E-state index contributed by atoms with van der Waals surface area (Å²) in [5.41, 5.74) is 0. The van der Waals surface area contributed by atoms with Gasteiger partial charge in [0.25, 0.3) is 0 Å². The van der Waals surface area contributed by atoms with E-state index in [0.29, 0.717) is 31.6 Å². The van der Waals surface area contributed by atoms with Gasteiger partial charge in [0.15, 0.2) is 5.96 Å². The third kappa shape index (κ3) is 11.8. The number of hydrogen-bond acceptors (Lipinski definition) is 5. The Morgan fingerprint density at radius 3 is 2.75 bits per heavy atom. The molecule has 0 saturated carbocycles. The van der Waals surface area contributed by atoms with Gasteiger partial charge in [-0.25, -0.2) is 0 Å². The van der Waals surface area contributed by atoms with E-state index in [0.717, 1.165) is 39.2 Å². The molecule has 0 aromatic heterocycles. The minimum Gasteiger partial charge on any atom is -0.383 e. The molecule has 1 saturated heterocycles. The van der Waals surface area contributed by atoms with Crippen LogP contribution in [-0.2, 0) is 19.0 Å². The Kier molecular flexibility index (Phi) is 15.4. The number of ether oxygens (including phenoxy) is 3. The molecule has 1 unspecified atom stereocenters. The first-order valence-corrected chi connectivity index (χ1v) is 8.12. The molecule has 1 atom stereocenters. The van der Waals surface area contributed by atoms with Crippen molar-refractivity contribution in [3.63, 3.8) is 0 Å². The Hall–Kier alpha value is -0.650. The van der Waals surface area contributed by atoms with Crippen LogP contribution in [0.5, 0.6) is 0 Å². The molecule has 1 amide bonds. The van der Waals surface area contributed by atoms with Gasteiger partial charge in [-0.15, -0.1) is 24.0 Å². The predicted molar refractivity (Wildman–Crippen MR) is 104 cm³/mol. The highest BCUT2D eigenvalue weighted by atomic mass is 127. The van der Waals surface area contributed by atoms with Gasteiger partial charge in [0.05, 0.1) is 26.4 Å². The monoisotopic (exact) mass is 458 g/mol. The molecule has 0 aromatic rings. The predicted octanol–water partition coefficient (Wildman–Crippen LogP) is -0.0248. The molecule has 0 aliphatic carbocycles. The van der Waals surface area contributed by atoms with Crippen LogP contribution in [0.1, 0.15) is 12.8 Å². The lowest BCUT2D eigenvalue weighted by Gasteiger charge is -2.12. The quantitative estimate of drug-likeness (QED) is 0.174. The van der Waals surface area contributed by atoms with E-state index in [1.54, 1.807) is 14.2 Å². The lowest BCUT2D eigenvalue weighted by Crippen LogP contribution is -2.44. The van der Waals surface area contributed by atoms with Gasteiger partial charge in [0, 0.05) is 46.4 Å². The molecule has 24 heavy (non-hydrogen) atoms. The third-order valence-electron chi connectivity index (χ3n) is 3.40. The number of nitrogens with zero attached hydrogens (tertiary/aromatic N) is 1. The fraction of sp³-hybridized carbons (Fsp3) is 0.867. The van der Waals surface area contributed by atoms with Crippen LogP contribution < -0.4 is 16.0 Å². The van der Waals surface area contributed by atoms with Crippen molar-refractivity contribution < 1.29 is 19.0 Å². The lowest BCUT2D eigenvalue weighted by atomic mass is 10.1. The summed E-state index contributed by atoms with van der Waals surface area (Å²) in [4.78, 5) is 15.6. The van der Waals surface area contributed by atoms with Crippen LogP contribution in [0.2, 0.25) is 0 Å². The van der Waals surface area contributed by atoms with E-state index in [1.165, 1.54) is 0 Å². The van der Waals surface area contributed by atoms with Gasteiger partial charge >= 0.3 is 0 Å². The van der Waals surface area contributed by atoms with E-state index in [2.05, 4.69) is 20.9 Å². The maximum Gasteiger partial charge on any atom is 0.239 e. The van der Waals surface area contributed by atoms with E-state index in [1.807, 2.05) is 0 Å². The van der Waals surface area contributed by atoms with Gasteiger partial charge < -0.3 is 30.2 Å². The van der Waals surface area contributed by atoms with Crippen molar-refractivity contribution >= 4 is 35.8 Å². The summed E-state index contributed by atoms with van der Waals surface area (Å²) >= 11 is 0. The smallest absolute Gasteiger partial charge is 0.239 e. The maximum absolute atomic E-state index is 11.5. The summed E-state index contributed by atoms with van der Waals surface area (Å²) in [6, 6.07) is 0. The Morgan fingerprint density at radius 2 is 2.08 bits per heavy atom. The Labute approximate surface area is 161 Å². The van der Waals surface area contributed by atoms with E-state index < -0.39 is 0 Å². The zero-order chi connectivity index (χ0) is 16.8. The standard InChI is InChI=1S/C15H30N4O4.HI/c1-16-15(19-10-14(20)17-6-9-21-2)18-5-3-7-22-11-13-4-8-23-12-13;/h13H,3-12H2,1-2H3,(H,17,20)(H2,16,18,19);1H. The van der Waals surface area contributed by atoms with Crippen LogP contribution in [0.3, 0.4) is 0 Å². The van der Waals surface area contributed by atoms with Crippen molar-refractivity contribution in [2.75, 3.05) is 66.8 Å². The van der Waals surface area contributed by atoms with Gasteiger partial charge in [-0.3, -0.25) is 9.79 Å². The molecular formula is C15H31IN4O4. The molecule has 1 heterocycles. The molecule has 1 rings (SSSR count). The van der Waals surface area contributed by atoms with Crippen LogP contribution in [0, 0.1) is 5.92 Å². The number of amides is 1. The van der Waals surface area contributed by atoms with Crippen molar-refractivity contribution in [1.82, 2.24) is 16.0 Å². The first-order chi connectivity index (χ1) is 11.3. The summed E-state index contributed by atoms with van der Waals surface area (Å²) in [6.07, 6.45) is 1.98. The van der Waals surface area contributed by atoms with Crippen molar-refractivity contribution in [1.29, 1.82) is 0 Å². The Balaban J connectivity index is 0.00000529. The highest BCUT2D eigenvalue weighted by Gasteiger charge is 2.15. The fourth-order valence-electron chi connectivity index (χ4n) is 2.09. The number of aliphatic imine (C=N–C) groups is 1. The molecule has 142 valence electrons. The van der Waals surface area contributed by atoms with Crippen molar-refractivity contribution in [2.24, 2.45) is 10.9 Å².